The third-order valence-corrected chi connectivity index (χ3v) is 5.33. The number of aryl methyl sites for hydroxylation is 2. The van der Waals surface area contributed by atoms with Crippen LogP contribution in [0.5, 0.6) is 5.75 Å². The van der Waals surface area contributed by atoms with E-state index in [1.54, 1.807) is 24.1 Å². The number of amides is 1. The average Bonchev–Trinajstić information content (AvgIpc) is 2.99. The van der Waals surface area contributed by atoms with E-state index in [1.807, 2.05) is 31.5 Å². The van der Waals surface area contributed by atoms with Gasteiger partial charge in [0, 0.05) is 48.4 Å². The standard InChI is InChI=1S/C23H29N3O4/c1-7-17-10-23(28)30-21-11-18(8-9-19(17)21)29-13-22(27)25(6)12-20-15(4)24-26(14(2)3)16(20)5/h8-11,14H,7,12-13H2,1-6H3. The van der Waals surface area contributed by atoms with Crippen molar-refractivity contribution in [3.63, 3.8) is 0 Å². The molecule has 3 rings (SSSR count). The molecule has 0 unspecified atom stereocenters. The van der Waals surface area contributed by atoms with Crippen molar-refractivity contribution in [2.24, 2.45) is 0 Å². The molecule has 0 bridgehead atoms. The van der Waals surface area contributed by atoms with Crippen molar-refractivity contribution in [1.82, 2.24) is 14.7 Å². The maximum absolute atomic E-state index is 12.6. The molecule has 0 atom stereocenters. The first-order valence-electron chi connectivity index (χ1n) is 10.2. The second kappa shape index (κ2) is 8.73. The highest BCUT2D eigenvalue weighted by Crippen LogP contribution is 2.23. The van der Waals surface area contributed by atoms with Crippen molar-refractivity contribution < 1.29 is 13.9 Å². The van der Waals surface area contributed by atoms with Crippen molar-refractivity contribution in [2.45, 2.75) is 53.6 Å². The predicted molar refractivity (Wildman–Crippen MR) is 116 cm³/mol. The Morgan fingerprint density at radius 1 is 1.27 bits per heavy atom. The summed E-state index contributed by atoms with van der Waals surface area (Å²) >= 11 is 0. The number of nitrogens with zero attached hydrogens (tertiary/aromatic N) is 3. The van der Waals surface area contributed by atoms with Gasteiger partial charge in [-0.2, -0.15) is 5.10 Å². The minimum Gasteiger partial charge on any atom is -0.484 e. The quantitative estimate of drug-likeness (QED) is 0.553. The highest BCUT2D eigenvalue weighted by atomic mass is 16.5. The van der Waals surface area contributed by atoms with E-state index in [2.05, 4.69) is 18.9 Å². The molecular formula is C23H29N3O4. The zero-order valence-corrected chi connectivity index (χ0v) is 18.5. The first-order chi connectivity index (χ1) is 14.2. The summed E-state index contributed by atoms with van der Waals surface area (Å²) in [6.07, 6.45) is 0.734. The molecule has 0 aliphatic rings. The monoisotopic (exact) mass is 411 g/mol. The second-order valence-electron chi connectivity index (χ2n) is 7.83. The molecule has 2 heterocycles. The van der Waals surface area contributed by atoms with E-state index in [9.17, 15) is 9.59 Å². The Labute approximate surface area is 176 Å². The van der Waals surface area contributed by atoms with E-state index in [-0.39, 0.29) is 24.2 Å². The van der Waals surface area contributed by atoms with E-state index < -0.39 is 0 Å². The molecule has 0 aliphatic heterocycles. The Morgan fingerprint density at radius 3 is 2.63 bits per heavy atom. The first kappa shape index (κ1) is 21.6. The predicted octanol–water partition coefficient (Wildman–Crippen LogP) is 3.79. The first-order valence-corrected chi connectivity index (χ1v) is 10.2. The Morgan fingerprint density at radius 2 is 2.00 bits per heavy atom. The van der Waals surface area contributed by atoms with Crippen molar-refractivity contribution in [2.75, 3.05) is 13.7 Å². The summed E-state index contributed by atoms with van der Waals surface area (Å²) in [6, 6.07) is 7.07. The van der Waals surface area contributed by atoms with Crippen LogP contribution < -0.4 is 10.4 Å². The van der Waals surface area contributed by atoms with Crippen LogP contribution in [-0.2, 0) is 17.8 Å². The molecule has 0 N–H and O–H groups in total. The van der Waals surface area contributed by atoms with E-state index in [0.717, 1.165) is 34.3 Å². The van der Waals surface area contributed by atoms with Gasteiger partial charge in [0.25, 0.3) is 5.91 Å². The molecule has 0 aliphatic carbocycles. The Balaban J connectivity index is 1.69. The Hall–Kier alpha value is -3.09. The Kier molecular flexibility index (Phi) is 6.29. The number of hydrogen-bond donors (Lipinski definition) is 0. The number of ether oxygens (including phenoxy) is 1. The molecule has 0 saturated heterocycles. The van der Waals surface area contributed by atoms with Gasteiger partial charge in [0.1, 0.15) is 11.3 Å². The molecule has 160 valence electrons. The lowest BCUT2D eigenvalue weighted by molar-refractivity contribution is -0.132. The summed E-state index contributed by atoms with van der Waals surface area (Å²) in [5, 5.41) is 5.45. The van der Waals surface area contributed by atoms with Gasteiger partial charge in [-0.3, -0.25) is 9.48 Å². The molecule has 0 spiro atoms. The summed E-state index contributed by atoms with van der Waals surface area (Å²) in [4.78, 5) is 26.0. The summed E-state index contributed by atoms with van der Waals surface area (Å²) in [5.41, 5.74) is 4.05. The van der Waals surface area contributed by atoms with Gasteiger partial charge >= 0.3 is 5.63 Å². The number of rotatable bonds is 7. The molecule has 2 aromatic heterocycles. The third-order valence-electron chi connectivity index (χ3n) is 5.33. The fourth-order valence-electron chi connectivity index (χ4n) is 3.60. The summed E-state index contributed by atoms with van der Waals surface area (Å²) in [7, 11) is 1.75. The zero-order valence-electron chi connectivity index (χ0n) is 18.5. The van der Waals surface area contributed by atoms with E-state index in [0.29, 0.717) is 17.9 Å². The molecule has 30 heavy (non-hydrogen) atoms. The lowest BCUT2D eigenvalue weighted by Gasteiger charge is -2.18. The average molecular weight is 412 g/mol. The van der Waals surface area contributed by atoms with Crippen LogP contribution in [0.2, 0.25) is 0 Å². The second-order valence-corrected chi connectivity index (χ2v) is 7.83. The molecular weight excluding hydrogens is 382 g/mol. The topological polar surface area (TPSA) is 77.6 Å². The van der Waals surface area contributed by atoms with Crippen LogP contribution in [-0.4, -0.2) is 34.2 Å². The van der Waals surface area contributed by atoms with Gasteiger partial charge in [0.15, 0.2) is 6.61 Å². The molecule has 7 heteroatoms. The van der Waals surface area contributed by atoms with Crippen LogP contribution >= 0.6 is 0 Å². The van der Waals surface area contributed by atoms with Crippen molar-refractivity contribution in [3.05, 3.63) is 57.2 Å². The van der Waals surface area contributed by atoms with Crippen molar-refractivity contribution >= 4 is 16.9 Å². The van der Waals surface area contributed by atoms with E-state index in [4.69, 9.17) is 9.15 Å². The van der Waals surface area contributed by atoms with E-state index >= 15 is 0 Å². The van der Waals surface area contributed by atoms with E-state index in [1.165, 1.54) is 6.07 Å². The summed E-state index contributed by atoms with van der Waals surface area (Å²) in [5.74, 6) is 0.343. The lowest BCUT2D eigenvalue weighted by atomic mass is 10.1. The van der Waals surface area contributed by atoms with Crippen LogP contribution in [0.3, 0.4) is 0 Å². The van der Waals surface area contributed by atoms with Crippen LogP contribution in [0.15, 0.2) is 33.5 Å². The lowest BCUT2D eigenvalue weighted by Crippen LogP contribution is -2.31. The van der Waals surface area contributed by atoms with Crippen molar-refractivity contribution in [1.29, 1.82) is 0 Å². The highest BCUT2D eigenvalue weighted by molar-refractivity contribution is 5.82. The van der Waals surface area contributed by atoms with Gasteiger partial charge < -0.3 is 14.1 Å². The van der Waals surface area contributed by atoms with Crippen molar-refractivity contribution in [3.8, 4) is 5.75 Å². The number of fused-ring (bicyclic) bond motifs is 1. The third kappa shape index (κ3) is 4.40. The summed E-state index contributed by atoms with van der Waals surface area (Å²) in [6.45, 7) is 10.5. The van der Waals surface area contributed by atoms with Gasteiger partial charge in [-0.25, -0.2) is 4.79 Å². The minimum absolute atomic E-state index is 0.101. The maximum atomic E-state index is 12.6. The maximum Gasteiger partial charge on any atom is 0.336 e. The molecule has 0 saturated carbocycles. The van der Waals surface area contributed by atoms with Gasteiger partial charge in [0.05, 0.1) is 5.69 Å². The number of carbonyl (C=O) groups is 1. The molecule has 1 aromatic carbocycles. The van der Waals surface area contributed by atoms with Gasteiger partial charge in [-0.05, 0) is 51.8 Å². The fourth-order valence-corrected chi connectivity index (χ4v) is 3.60. The largest absolute Gasteiger partial charge is 0.484 e. The number of carbonyl (C=O) groups excluding carboxylic acids is 1. The number of aromatic nitrogens is 2. The molecule has 0 fully saturated rings. The number of benzene rings is 1. The van der Waals surface area contributed by atoms with Gasteiger partial charge in [-0.1, -0.05) is 6.92 Å². The molecule has 7 nitrogen and oxygen atoms in total. The summed E-state index contributed by atoms with van der Waals surface area (Å²) < 4.78 is 12.9. The van der Waals surface area contributed by atoms with Gasteiger partial charge in [0.2, 0.25) is 0 Å². The van der Waals surface area contributed by atoms with Crippen LogP contribution in [0.1, 0.15) is 49.3 Å². The van der Waals surface area contributed by atoms with Gasteiger partial charge in [-0.15, -0.1) is 0 Å². The SMILES string of the molecule is CCc1cc(=O)oc2cc(OCC(=O)N(C)Cc3c(C)nn(C(C)C)c3C)ccc12. The minimum atomic E-state index is -0.389. The van der Waals surface area contributed by atoms with Crippen LogP contribution in [0.25, 0.3) is 11.0 Å². The van der Waals surface area contributed by atoms with Crippen LogP contribution in [0, 0.1) is 13.8 Å². The van der Waals surface area contributed by atoms with Crippen LogP contribution in [0.4, 0.5) is 0 Å². The molecule has 3 aromatic rings. The number of hydrogen-bond acceptors (Lipinski definition) is 5. The smallest absolute Gasteiger partial charge is 0.336 e. The normalized spacial score (nSPS) is 11.3. The zero-order chi connectivity index (χ0) is 22.0. The molecule has 1 amide bonds. The highest BCUT2D eigenvalue weighted by Gasteiger charge is 2.18. The molecule has 0 radical (unpaired) electrons. The number of likely N-dealkylation sites (N-methyl/N-ethyl adjacent to an activating group) is 1. The Bertz CT molecular complexity index is 1130. The fraction of sp³-hybridized carbons (Fsp3) is 0.435.